The van der Waals surface area contributed by atoms with Crippen LogP contribution in [0.2, 0.25) is 5.02 Å². The number of benzene rings is 1. The minimum atomic E-state index is 0.0385. The van der Waals surface area contributed by atoms with Crippen LogP contribution in [0.3, 0.4) is 0 Å². The van der Waals surface area contributed by atoms with Gasteiger partial charge in [-0.15, -0.1) is 22.7 Å². The van der Waals surface area contributed by atoms with E-state index in [0.29, 0.717) is 5.82 Å². The highest BCUT2D eigenvalue weighted by Crippen LogP contribution is 2.38. The number of phenols is 1. The topological polar surface area (TPSA) is 86.2 Å². The molecule has 39 heavy (non-hydrogen) atoms. The number of hydrazine groups is 1. The molecular weight excluding hydrogens is 548 g/mol. The molecule has 0 bridgehead atoms. The van der Waals surface area contributed by atoms with Crippen molar-refractivity contribution in [2.24, 2.45) is 0 Å². The number of fused-ring (bicyclic) bond motifs is 1. The van der Waals surface area contributed by atoms with Gasteiger partial charge in [0.05, 0.1) is 15.9 Å². The average Bonchev–Trinajstić information content (AvgIpc) is 3.53. The molecule has 1 aromatic carbocycles. The number of nitrogens with zero attached hydrogens (tertiary/aromatic N) is 4. The summed E-state index contributed by atoms with van der Waals surface area (Å²) in [6.07, 6.45) is 10.1. The van der Waals surface area contributed by atoms with E-state index in [1.807, 2.05) is 23.9 Å². The van der Waals surface area contributed by atoms with Gasteiger partial charge in [-0.05, 0) is 51.0 Å². The van der Waals surface area contributed by atoms with Crippen LogP contribution in [0.15, 0.2) is 59.8 Å². The Kier molecular flexibility index (Phi) is 10.1. The second-order valence-corrected chi connectivity index (χ2v) is 11.5. The fourth-order valence-corrected chi connectivity index (χ4v) is 6.15. The van der Waals surface area contributed by atoms with Crippen LogP contribution in [0.5, 0.6) is 5.75 Å². The first kappa shape index (κ1) is 28.8. The van der Waals surface area contributed by atoms with E-state index >= 15 is 0 Å². The van der Waals surface area contributed by atoms with Crippen LogP contribution in [0.25, 0.3) is 22.4 Å². The lowest BCUT2D eigenvalue weighted by Crippen LogP contribution is -2.40. The zero-order valence-corrected chi connectivity index (χ0v) is 24.6. The predicted molar refractivity (Wildman–Crippen MR) is 167 cm³/mol. The molecule has 3 aromatic heterocycles. The number of thiophene rings is 1. The molecule has 0 unspecified atom stereocenters. The lowest BCUT2D eigenvalue weighted by molar-refractivity contribution is 0.174. The van der Waals surface area contributed by atoms with Crippen molar-refractivity contribution < 1.29 is 5.11 Å². The van der Waals surface area contributed by atoms with Gasteiger partial charge in [-0.2, -0.15) is 0 Å². The monoisotopic (exact) mass is 580 g/mol. The summed E-state index contributed by atoms with van der Waals surface area (Å²) in [6, 6.07) is 4.96. The number of hydrogen-bond acceptors (Lipinski definition) is 9. The van der Waals surface area contributed by atoms with E-state index in [9.17, 15) is 5.11 Å². The number of thiazole rings is 1. The molecule has 1 aliphatic rings. The molecular formula is C29H33ClN6OS2. The second-order valence-electron chi connectivity index (χ2n) is 9.34. The van der Waals surface area contributed by atoms with Crippen molar-refractivity contribution in [1.82, 2.24) is 25.4 Å². The quantitative estimate of drug-likeness (QED) is 0.181. The standard InChI is InChI=1S/C25H28ClN5OS.C4H5NS/c1-4-19-22(13-16(2)12-17(3)30-31-10-6-5-7-11-31)33-25-23(19)24(27-15-28-25)29-18-8-9-21(32)20(26)14-18;1-4-2-6-3-5-4/h4,8-9,13-15,30,32H,1,3,5-7,10-12H2,2H3,(H,27,28,29);2-3H,1H3/b16-13+;. The lowest BCUT2D eigenvalue weighted by atomic mass is 10.1. The fourth-order valence-electron chi connectivity index (χ4n) is 4.25. The molecule has 0 radical (unpaired) electrons. The third-order valence-electron chi connectivity index (χ3n) is 6.07. The van der Waals surface area contributed by atoms with Crippen LogP contribution in [0.4, 0.5) is 11.5 Å². The Labute approximate surface area is 242 Å². The number of piperidine rings is 1. The summed E-state index contributed by atoms with van der Waals surface area (Å²) in [5, 5.41) is 18.4. The summed E-state index contributed by atoms with van der Waals surface area (Å²) < 4.78 is 0. The number of phenolic OH excluding ortho intramolecular Hbond substituents is 1. The first-order chi connectivity index (χ1) is 18.8. The number of hydrogen-bond donors (Lipinski definition) is 3. The number of aryl methyl sites for hydroxylation is 1. The third kappa shape index (κ3) is 7.89. The molecule has 0 aliphatic carbocycles. The van der Waals surface area contributed by atoms with Crippen molar-refractivity contribution in [1.29, 1.82) is 0 Å². The molecule has 4 heterocycles. The van der Waals surface area contributed by atoms with Crippen LogP contribution >= 0.6 is 34.3 Å². The number of nitrogens with one attached hydrogen (secondary N) is 2. The van der Waals surface area contributed by atoms with E-state index in [-0.39, 0.29) is 10.8 Å². The van der Waals surface area contributed by atoms with Crippen molar-refractivity contribution in [2.45, 2.75) is 39.5 Å². The normalized spacial score (nSPS) is 14.0. The van der Waals surface area contributed by atoms with Gasteiger partial charge in [-0.3, -0.25) is 4.98 Å². The van der Waals surface area contributed by atoms with Crippen LogP contribution in [-0.2, 0) is 0 Å². The van der Waals surface area contributed by atoms with Crippen LogP contribution in [0.1, 0.15) is 48.7 Å². The summed E-state index contributed by atoms with van der Waals surface area (Å²) in [5.41, 5.74) is 10.3. The number of halogens is 1. The van der Waals surface area contributed by atoms with Crippen molar-refractivity contribution in [3.63, 3.8) is 0 Å². The van der Waals surface area contributed by atoms with Crippen molar-refractivity contribution in [2.75, 3.05) is 18.4 Å². The largest absolute Gasteiger partial charge is 0.506 e. The number of anilines is 2. The minimum Gasteiger partial charge on any atom is -0.506 e. The van der Waals surface area contributed by atoms with Gasteiger partial charge < -0.3 is 15.8 Å². The summed E-state index contributed by atoms with van der Waals surface area (Å²) in [7, 11) is 0. The van der Waals surface area contributed by atoms with Gasteiger partial charge >= 0.3 is 0 Å². The summed E-state index contributed by atoms with van der Waals surface area (Å²) >= 11 is 9.29. The molecule has 10 heteroatoms. The third-order valence-corrected chi connectivity index (χ3v) is 8.13. The Hall–Kier alpha value is -3.24. The fraction of sp³-hybridized carbons (Fsp3) is 0.276. The molecule has 1 saturated heterocycles. The molecule has 0 saturated carbocycles. The van der Waals surface area contributed by atoms with E-state index in [1.54, 1.807) is 47.2 Å². The maximum Gasteiger partial charge on any atom is 0.143 e. The number of rotatable bonds is 8. The Morgan fingerprint density at radius 2 is 2.00 bits per heavy atom. The highest BCUT2D eigenvalue weighted by Gasteiger charge is 2.16. The highest BCUT2D eigenvalue weighted by atomic mass is 35.5. The maximum absolute atomic E-state index is 9.69. The molecule has 3 N–H and O–H groups in total. The first-order valence-electron chi connectivity index (χ1n) is 12.7. The van der Waals surface area contributed by atoms with Crippen molar-refractivity contribution in [3.05, 3.63) is 81.0 Å². The molecule has 204 valence electrons. The van der Waals surface area contributed by atoms with Crippen LogP contribution < -0.4 is 10.7 Å². The molecule has 4 aromatic rings. The number of aromatic hydroxyl groups is 1. The van der Waals surface area contributed by atoms with Gasteiger partial charge in [-0.1, -0.05) is 42.8 Å². The van der Waals surface area contributed by atoms with E-state index in [2.05, 4.69) is 56.9 Å². The molecule has 1 aliphatic heterocycles. The minimum absolute atomic E-state index is 0.0385. The van der Waals surface area contributed by atoms with E-state index in [0.717, 1.165) is 57.2 Å². The Morgan fingerprint density at radius 1 is 1.21 bits per heavy atom. The second kappa shape index (κ2) is 13.7. The van der Waals surface area contributed by atoms with E-state index in [4.69, 9.17) is 11.6 Å². The maximum atomic E-state index is 9.69. The number of allylic oxidation sites excluding steroid dienone is 1. The van der Waals surface area contributed by atoms with Gasteiger partial charge in [0.25, 0.3) is 0 Å². The van der Waals surface area contributed by atoms with E-state index < -0.39 is 0 Å². The smallest absolute Gasteiger partial charge is 0.143 e. The Morgan fingerprint density at radius 3 is 2.64 bits per heavy atom. The van der Waals surface area contributed by atoms with Crippen LogP contribution in [-0.4, -0.2) is 38.2 Å². The SMILES string of the molecule is C=Cc1c(/C=C(\C)CC(=C)NN2CCCCC2)sc2ncnc(Nc3ccc(O)c(Cl)c3)c12.Cc1cscn1. The van der Waals surface area contributed by atoms with Gasteiger partial charge in [-0.25, -0.2) is 15.0 Å². The molecule has 1 fully saturated rings. The summed E-state index contributed by atoms with van der Waals surface area (Å²) in [5.74, 6) is 0.706. The lowest BCUT2D eigenvalue weighted by Gasteiger charge is -2.28. The van der Waals surface area contributed by atoms with Gasteiger partial charge in [0, 0.05) is 52.4 Å². The predicted octanol–water partition coefficient (Wildman–Crippen LogP) is 8.19. The van der Waals surface area contributed by atoms with E-state index in [1.165, 1.54) is 24.8 Å². The van der Waals surface area contributed by atoms with Gasteiger partial charge in [0.2, 0.25) is 0 Å². The zero-order valence-electron chi connectivity index (χ0n) is 22.2. The Balaban J connectivity index is 0.000000519. The average molecular weight is 581 g/mol. The Bertz CT molecular complexity index is 1460. The number of aromatic nitrogens is 3. The molecule has 0 amide bonds. The van der Waals surface area contributed by atoms with Gasteiger partial charge in [0.15, 0.2) is 0 Å². The molecule has 0 atom stereocenters. The molecule has 0 spiro atoms. The zero-order chi connectivity index (χ0) is 27.8. The van der Waals surface area contributed by atoms with Crippen LogP contribution in [0, 0.1) is 6.92 Å². The highest BCUT2D eigenvalue weighted by molar-refractivity contribution is 7.19. The molecule has 7 nitrogen and oxygen atoms in total. The molecule has 5 rings (SSSR count). The van der Waals surface area contributed by atoms with Crippen molar-refractivity contribution >= 4 is 68.1 Å². The van der Waals surface area contributed by atoms with Crippen molar-refractivity contribution in [3.8, 4) is 5.75 Å². The summed E-state index contributed by atoms with van der Waals surface area (Å²) in [4.78, 5) is 14.8. The first-order valence-corrected chi connectivity index (χ1v) is 14.8. The van der Waals surface area contributed by atoms with Gasteiger partial charge in [0.1, 0.15) is 22.7 Å². The summed E-state index contributed by atoms with van der Waals surface area (Å²) in [6.45, 7) is 14.5.